The van der Waals surface area contributed by atoms with Crippen LogP contribution in [0, 0.1) is 0 Å². The van der Waals surface area contributed by atoms with Gasteiger partial charge in [-0.3, -0.25) is 0 Å². The Morgan fingerprint density at radius 2 is 2.17 bits per heavy atom. The van der Waals surface area contributed by atoms with Gasteiger partial charge >= 0.3 is 12.7 Å². The van der Waals surface area contributed by atoms with Crippen LogP contribution in [0.4, 0.5) is 13.6 Å². The molecule has 6 heteroatoms. The second-order valence-corrected chi connectivity index (χ2v) is 2.17. The number of hydrogen-bond acceptors (Lipinski definition) is 3. The third-order valence-electron chi connectivity index (χ3n) is 1.09. The molecule has 72 valence electrons. The van der Waals surface area contributed by atoms with Gasteiger partial charge in [0.25, 0.3) is 0 Å². The molecule has 4 nitrogen and oxygen atoms in total. The SMILES string of the molecule is CC(CCOC(F)F)OC(N)=O. The molecule has 0 fully saturated rings. The van der Waals surface area contributed by atoms with Gasteiger partial charge in [0.15, 0.2) is 0 Å². The summed E-state index contributed by atoms with van der Waals surface area (Å²) in [4.78, 5) is 10.1. The van der Waals surface area contributed by atoms with Gasteiger partial charge in [0.05, 0.1) is 6.61 Å². The number of nitrogens with two attached hydrogens (primary N) is 1. The number of halogens is 2. The number of rotatable bonds is 5. The van der Waals surface area contributed by atoms with Gasteiger partial charge in [-0.2, -0.15) is 8.78 Å². The van der Waals surface area contributed by atoms with Gasteiger partial charge in [-0.1, -0.05) is 0 Å². The zero-order chi connectivity index (χ0) is 9.56. The fourth-order valence-electron chi connectivity index (χ4n) is 0.580. The van der Waals surface area contributed by atoms with E-state index < -0.39 is 18.8 Å². The smallest absolute Gasteiger partial charge is 0.404 e. The second-order valence-electron chi connectivity index (χ2n) is 2.17. The highest BCUT2D eigenvalue weighted by atomic mass is 19.3. The third kappa shape index (κ3) is 7.20. The van der Waals surface area contributed by atoms with Crippen molar-refractivity contribution < 1.29 is 23.0 Å². The van der Waals surface area contributed by atoms with Crippen LogP contribution in [0.5, 0.6) is 0 Å². The number of hydrogen-bond donors (Lipinski definition) is 1. The van der Waals surface area contributed by atoms with Crippen LogP contribution in [0.1, 0.15) is 13.3 Å². The van der Waals surface area contributed by atoms with Crippen molar-refractivity contribution in [2.24, 2.45) is 5.73 Å². The van der Waals surface area contributed by atoms with Crippen LogP contribution >= 0.6 is 0 Å². The van der Waals surface area contributed by atoms with E-state index in [1.165, 1.54) is 0 Å². The predicted molar refractivity (Wildman–Crippen MR) is 36.7 cm³/mol. The quantitative estimate of drug-likeness (QED) is 0.694. The summed E-state index contributed by atoms with van der Waals surface area (Å²) in [5.41, 5.74) is 4.67. The average molecular weight is 183 g/mol. The summed E-state index contributed by atoms with van der Waals surface area (Å²) in [7, 11) is 0. The van der Waals surface area contributed by atoms with E-state index in [1.54, 1.807) is 6.92 Å². The van der Waals surface area contributed by atoms with Crippen molar-refractivity contribution in [1.82, 2.24) is 0 Å². The number of alkyl halides is 2. The first-order valence-corrected chi connectivity index (χ1v) is 3.38. The van der Waals surface area contributed by atoms with Gasteiger partial charge in [0, 0.05) is 6.42 Å². The lowest BCUT2D eigenvalue weighted by Crippen LogP contribution is -2.21. The number of amides is 1. The van der Waals surface area contributed by atoms with Gasteiger partial charge < -0.3 is 15.2 Å². The van der Waals surface area contributed by atoms with E-state index in [9.17, 15) is 13.6 Å². The van der Waals surface area contributed by atoms with E-state index in [2.05, 4.69) is 15.2 Å². The molecule has 1 unspecified atom stereocenters. The molecule has 0 heterocycles. The van der Waals surface area contributed by atoms with E-state index in [1.807, 2.05) is 0 Å². The van der Waals surface area contributed by atoms with Crippen molar-refractivity contribution in [3.63, 3.8) is 0 Å². The molecule has 0 aromatic rings. The van der Waals surface area contributed by atoms with Crippen LogP contribution in [0.15, 0.2) is 0 Å². The Morgan fingerprint density at radius 3 is 2.58 bits per heavy atom. The number of carbonyl (C=O) groups excluding carboxylic acids is 1. The van der Waals surface area contributed by atoms with Crippen LogP contribution in [-0.4, -0.2) is 25.4 Å². The highest BCUT2D eigenvalue weighted by molar-refractivity contribution is 5.64. The summed E-state index contributed by atoms with van der Waals surface area (Å²) < 4.78 is 31.2. The van der Waals surface area contributed by atoms with Crippen LogP contribution in [0.2, 0.25) is 0 Å². The normalized spacial score (nSPS) is 13.0. The molecule has 0 saturated carbocycles. The van der Waals surface area contributed by atoms with Gasteiger partial charge in [-0.25, -0.2) is 4.79 Å². The minimum atomic E-state index is -2.79. The summed E-state index contributed by atoms with van der Waals surface area (Å²) in [5, 5.41) is 0. The summed E-state index contributed by atoms with van der Waals surface area (Å²) in [6.45, 7) is -1.41. The zero-order valence-electron chi connectivity index (χ0n) is 6.63. The molecule has 1 atom stereocenters. The fraction of sp³-hybridized carbons (Fsp3) is 0.833. The Balaban J connectivity index is 3.31. The van der Waals surface area contributed by atoms with Crippen LogP contribution in [-0.2, 0) is 9.47 Å². The minimum absolute atomic E-state index is 0.161. The second kappa shape index (κ2) is 5.70. The third-order valence-corrected chi connectivity index (χ3v) is 1.09. The molecule has 0 aliphatic heterocycles. The van der Waals surface area contributed by atoms with Crippen molar-refractivity contribution in [3.05, 3.63) is 0 Å². The molecule has 0 aliphatic rings. The van der Waals surface area contributed by atoms with Gasteiger partial charge in [0.2, 0.25) is 0 Å². The molecular formula is C6H11F2NO3. The Labute approximate surface area is 68.6 Å². The zero-order valence-corrected chi connectivity index (χ0v) is 6.63. The van der Waals surface area contributed by atoms with E-state index in [0.29, 0.717) is 0 Å². The lowest BCUT2D eigenvalue weighted by atomic mass is 10.3. The van der Waals surface area contributed by atoms with E-state index in [-0.39, 0.29) is 13.0 Å². The molecule has 0 rings (SSSR count). The van der Waals surface area contributed by atoms with Gasteiger partial charge in [-0.05, 0) is 6.92 Å². The topological polar surface area (TPSA) is 61.6 Å². The number of primary amides is 1. The summed E-state index contributed by atoms with van der Waals surface area (Å²) in [5.74, 6) is 0. The Bertz CT molecular complexity index is 143. The van der Waals surface area contributed by atoms with Crippen molar-refractivity contribution in [3.8, 4) is 0 Å². The summed E-state index contributed by atoms with van der Waals surface area (Å²) in [6.07, 6.45) is -1.21. The largest absolute Gasteiger partial charge is 0.447 e. The minimum Gasteiger partial charge on any atom is -0.447 e. The summed E-state index contributed by atoms with van der Waals surface area (Å²) in [6, 6.07) is 0. The van der Waals surface area contributed by atoms with Crippen LogP contribution in [0.3, 0.4) is 0 Å². The Morgan fingerprint density at radius 1 is 1.58 bits per heavy atom. The van der Waals surface area contributed by atoms with E-state index >= 15 is 0 Å². The maximum Gasteiger partial charge on any atom is 0.404 e. The first kappa shape index (κ1) is 11.1. The highest BCUT2D eigenvalue weighted by Gasteiger charge is 2.07. The molecule has 0 spiro atoms. The maximum absolute atomic E-state index is 11.4. The van der Waals surface area contributed by atoms with Gasteiger partial charge in [-0.15, -0.1) is 0 Å². The lowest BCUT2D eigenvalue weighted by Gasteiger charge is -2.10. The van der Waals surface area contributed by atoms with Crippen molar-refractivity contribution in [1.29, 1.82) is 0 Å². The predicted octanol–water partition coefficient (Wildman–Crippen LogP) is 1.10. The van der Waals surface area contributed by atoms with E-state index in [4.69, 9.17) is 0 Å². The first-order chi connectivity index (χ1) is 5.52. The monoisotopic (exact) mass is 183 g/mol. The maximum atomic E-state index is 11.4. The molecule has 0 saturated heterocycles. The number of ether oxygens (including phenoxy) is 2. The molecule has 0 aromatic heterocycles. The van der Waals surface area contributed by atoms with Crippen molar-refractivity contribution in [2.75, 3.05) is 6.61 Å². The first-order valence-electron chi connectivity index (χ1n) is 3.38. The average Bonchev–Trinajstić information content (AvgIpc) is 1.84. The number of carbonyl (C=O) groups is 1. The van der Waals surface area contributed by atoms with Crippen molar-refractivity contribution >= 4 is 6.09 Å². The molecule has 0 aliphatic carbocycles. The molecule has 2 N–H and O–H groups in total. The Kier molecular flexibility index (Phi) is 5.27. The molecule has 0 radical (unpaired) electrons. The molecular weight excluding hydrogens is 172 g/mol. The van der Waals surface area contributed by atoms with Crippen LogP contribution in [0.25, 0.3) is 0 Å². The molecule has 1 amide bonds. The van der Waals surface area contributed by atoms with Gasteiger partial charge in [0.1, 0.15) is 6.10 Å². The molecule has 0 bridgehead atoms. The standard InChI is InChI=1S/C6H11F2NO3/c1-4(12-6(9)10)2-3-11-5(7)8/h4-5H,2-3H2,1H3,(H2,9,10). The van der Waals surface area contributed by atoms with Crippen molar-refractivity contribution in [2.45, 2.75) is 26.1 Å². The Hall–Kier alpha value is -0.910. The molecule has 0 aromatic carbocycles. The molecule has 12 heavy (non-hydrogen) atoms. The highest BCUT2D eigenvalue weighted by Crippen LogP contribution is 2.01. The van der Waals surface area contributed by atoms with Crippen LogP contribution < -0.4 is 5.73 Å². The fourth-order valence-corrected chi connectivity index (χ4v) is 0.580. The van der Waals surface area contributed by atoms with E-state index in [0.717, 1.165) is 0 Å². The lowest BCUT2D eigenvalue weighted by molar-refractivity contribution is -0.132. The summed E-state index contributed by atoms with van der Waals surface area (Å²) >= 11 is 0.